The molecule has 1 saturated heterocycles. The number of esters is 1. The molecule has 1 fully saturated rings. The number of likely N-dealkylation sites (tertiary alicyclic amines) is 1. The van der Waals surface area contributed by atoms with Crippen molar-refractivity contribution in [3.63, 3.8) is 0 Å². The van der Waals surface area contributed by atoms with Gasteiger partial charge in [-0.25, -0.2) is 0 Å². The van der Waals surface area contributed by atoms with Crippen molar-refractivity contribution in [2.75, 3.05) is 13.7 Å². The Morgan fingerprint density at radius 1 is 1.61 bits per heavy atom. The number of rotatable bonds is 4. The van der Waals surface area contributed by atoms with E-state index in [0.717, 1.165) is 31.0 Å². The molecule has 100 valence electrons. The Balaban J connectivity index is 1.96. The largest absolute Gasteiger partial charge is 0.469 e. The molecule has 2 rings (SSSR count). The molecular weight excluding hydrogens is 232 g/mol. The fourth-order valence-corrected chi connectivity index (χ4v) is 2.48. The molecule has 1 atom stereocenters. The summed E-state index contributed by atoms with van der Waals surface area (Å²) in [6.45, 7) is 3.64. The first-order valence-electron chi connectivity index (χ1n) is 6.42. The predicted molar refractivity (Wildman–Crippen MR) is 65.9 cm³/mol. The highest BCUT2D eigenvalue weighted by Gasteiger charge is 2.25. The van der Waals surface area contributed by atoms with Crippen LogP contribution in [0, 0.1) is 6.92 Å². The smallest absolute Gasteiger partial charge is 0.307 e. The van der Waals surface area contributed by atoms with Crippen LogP contribution in [0.15, 0.2) is 10.6 Å². The zero-order valence-electron chi connectivity index (χ0n) is 11.0. The van der Waals surface area contributed by atoms with E-state index in [1.807, 2.05) is 13.0 Å². The summed E-state index contributed by atoms with van der Waals surface area (Å²) in [5.74, 6) is 0.690. The maximum absolute atomic E-state index is 11.4. The highest BCUT2D eigenvalue weighted by atomic mass is 16.5. The molecule has 0 N–H and O–H groups in total. The molecule has 1 aromatic rings. The molecule has 2 heterocycles. The van der Waals surface area contributed by atoms with Crippen LogP contribution in [0.1, 0.15) is 37.1 Å². The van der Waals surface area contributed by atoms with Gasteiger partial charge in [0.2, 0.25) is 0 Å². The minimum atomic E-state index is -0.136. The van der Waals surface area contributed by atoms with E-state index in [9.17, 15) is 4.79 Å². The van der Waals surface area contributed by atoms with Gasteiger partial charge in [0.05, 0.1) is 19.2 Å². The van der Waals surface area contributed by atoms with E-state index < -0.39 is 0 Å². The number of nitrogens with zero attached hydrogens (tertiary/aromatic N) is 2. The Morgan fingerprint density at radius 2 is 2.44 bits per heavy atom. The molecule has 0 aromatic carbocycles. The molecule has 5 nitrogen and oxygen atoms in total. The first kappa shape index (κ1) is 13.1. The van der Waals surface area contributed by atoms with Crippen LogP contribution in [0.5, 0.6) is 0 Å². The van der Waals surface area contributed by atoms with Crippen LogP contribution in [-0.2, 0) is 16.1 Å². The van der Waals surface area contributed by atoms with E-state index in [-0.39, 0.29) is 12.0 Å². The maximum atomic E-state index is 11.4. The molecule has 18 heavy (non-hydrogen) atoms. The van der Waals surface area contributed by atoms with Crippen molar-refractivity contribution < 1.29 is 14.1 Å². The molecule has 1 aliphatic heterocycles. The number of ether oxygens (including phenoxy) is 1. The van der Waals surface area contributed by atoms with Crippen LogP contribution in [0.4, 0.5) is 0 Å². The van der Waals surface area contributed by atoms with Gasteiger partial charge < -0.3 is 9.26 Å². The van der Waals surface area contributed by atoms with Crippen molar-refractivity contribution in [1.29, 1.82) is 0 Å². The summed E-state index contributed by atoms with van der Waals surface area (Å²) in [6.07, 6.45) is 3.86. The van der Waals surface area contributed by atoms with Gasteiger partial charge >= 0.3 is 5.97 Å². The Labute approximate surface area is 107 Å². The number of aryl methyl sites for hydroxylation is 1. The second-order valence-corrected chi connectivity index (χ2v) is 4.83. The van der Waals surface area contributed by atoms with Crippen molar-refractivity contribution >= 4 is 5.97 Å². The number of aromatic nitrogens is 1. The quantitative estimate of drug-likeness (QED) is 0.766. The summed E-state index contributed by atoms with van der Waals surface area (Å²) in [5.41, 5.74) is 0.935. The van der Waals surface area contributed by atoms with Gasteiger partial charge in [-0.1, -0.05) is 11.6 Å². The average molecular weight is 252 g/mol. The van der Waals surface area contributed by atoms with Crippen LogP contribution < -0.4 is 0 Å². The number of carbonyl (C=O) groups excluding carboxylic acids is 1. The average Bonchev–Trinajstić information content (AvgIpc) is 2.77. The zero-order valence-corrected chi connectivity index (χ0v) is 11.0. The normalized spacial score (nSPS) is 20.9. The van der Waals surface area contributed by atoms with Gasteiger partial charge in [-0.05, 0) is 26.3 Å². The first-order chi connectivity index (χ1) is 8.69. The maximum Gasteiger partial charge on any atom is 0.307 e. The topological polar surface area (TPSA) is 55.6 Å². The minimum Gasteiger partial charge on any atom is -0.469 e. The molecule has 1 unspecified atom stereocenters. The van der Waals surface area contributed by atoms with Crippen LogP contribution in [0.25, 0.3) is 0 Å². The van der Waals surface area contributed by atoms with Crippen LogP contribution in [0.2, 0.25) is 0 Å². The third kappa shape index (κ3) is 3.32. The van der Waals surface area contributed by atoms with Crippen molar-refractivity contribution in [3.05, 3.63) is 17.5 Å². The molecule has 0 aliphatic carbocycles. The van der Waals surface area contributed by atoms with Gasteiger partial charge in [-0.2, -0.15) is 0 Å². The van der Waals surface area contributed by atoms with Gasteiger partial charge in [0.1, 0.15) is 5.76 Å². The number of hydrogen-bond donors (Lipinski definition) is 0. The fourth-order valence-electron chi connectivity index (χ4n) is 2.48. The molecule has 5 heteroatoms. The van der Waals surface area contributed by atoms with Crippen LogP contribution in [-0.4, -0.2) is 35.7 Å². The zero-order chi connectivity index (χ0) is 13.0. The van der Waals surface area contributed by atoms with Gasteiger partial charge in [0.25, 0.3) is 0 Å². The molecule has 1 aromatic heterocycles. The summed E-state index contributed by atoms with van der Waals surface area (Å²) in [4.78, 5) is 13.7. The second kappa shape index (κ2) is 6.00. The Bertz CT molecular complexity index is 403. The number of piperidine rings is 1. The monoisotopic (exact) mass is 252 g/mol. The van der Waals surface area contributed by atoms with Gasteiger partial charge in [-0.15, -0.1) is 0 Å². The molecule has 0 saturated carbocycles. The Hall–Kier alpha value is -1.36. The number of hydrogen-bond acceptors (Lipinski definition) is 5. The summed E-state index contributed by atoms with van der Waals surface area (Å²) in [6, 6.07) is 2.22. The summed E-state index contributed by atoms with van der Waals surface area (Å²) in [7, 11) is 1.44. The molecule has 1 aliphatic rings. The lowest BCUT2D eigenvalue weighted by molar-refractivity contribution is -0.142. The van der Waals surface area contributed by atoms with Crippen molar-refractivity contribution in [3.8, 4) is 0 Å². The van der Waals surface area contributed by atoms with Gasteiger partial charge in [0.15, 0.2) is 0 Å². The van der Waals surface area contributed by atoms with Gasteiger partial charge in [-0.3, -0.25) is 9.69 Å². The first-order valence-corrected chi connectivity index (χ1v) is 6.42. The van der Waals surface area contributed by atoms with Crippen molar-refractivity contribution in [1.82, 2.24) is 10.1 Å². The van der Waals surface area contributed by atoms with E-state index in [0.29, 0.717) is 6.42 Å². The Kier molecular flexibility index (Phi) is 4.36. The van der Waals surface area contributed by atoms with E-state index in [2.05, 4.69) is 10.1 Å². The molecule has 0 bridgehead atoms. The third-order valence-electron chi connectivity index (χ3n) is 3.42. The second-order valence-electron chi connectivity index (χ2n) is 4.83. The SMILES string of the molecule is COC(=O)CC1CCCCN1Cc1cc(C)on1. The molecule has 0 radical (unpaired) electrons. The van der Waals surface area contributed by atoms with Crippen LogP contribution >= 0.6 is 0 Å². The fraction of sp³-hybridized carbons (Fsp3) is 0.692. The van der Waals surface area contributed by atoms with Gasteiger partial charge in [0, 0.05) is 18.7 Å². The lowest BCUT2D eigenvalue weighted by Gasteiger charge is -2.34. The van der Waals surface area contributed by atoms with E-state index >= 15 is 0 Å². The molecular formula is C13H20N2O3. The summed E-state index contributed by atoms with van der Waals surface area (Å²) >= 11 is 0. The standard InChI is InChI=1S/C13H20N2O3/c1-10-7-11(14-18-10)9-15-6-4-3-5-12(15)8-13(16)17-2/h7,12H,3-6,8-9H2,1-2H3. The number of carbonyl (C=O) groups is 1. The minimum absolute atomic E-state index is 0.136. The van der Waals surface area contributed by atoms with Crippen molar-refractivity contribution in [2.24, 2.45) is 0 Å². The van der Waals surface area contributed by atoms with E-state index in [1.54, 1.807) is 0 Å². The highest BCUT2D eigenvalue weighted by Crippen LogP contribution is 2.22. The lowest BCUT2D eigenvalue weighted by atomic mass is 9.99. The number of methoxy groups -OCH3 is 1. The predicted octanol–water partition coefficient (Wildman–Crippen LogP) is 1.90. The molecule has 0 amide bonds. The summed E-state index contributed by atoms with van der Waals surface area (Å²) in [5, 5.41) is 4.01. The molecule has 0 spiro atoms. The van der Waals surface area contributed by atoms with E-state index in [1.165, 1.54) is 20.0 Å². The van der Waals surface area contributed by atoms with Crippen LogP contribution in [0.3, 0.4) is 0 Å². The lowest BCUT2D eigenvalue weighted by Crippen LogP contribution is -2.40. The Morgan fingerprint density at radius 3 is 3.11 bits per heavy atom. The third-order valence-corrected chi connectivity index (χ3v) is 3.42. The highest BCUT2D eigenvalue weighted by molar-refractivity contribution is 5.69. The van der Waals surface area contributed by atoms with E-state index in [4.69, 9.17) is 9.26 Å². The summed E-state index contributed by atoms with van der Waals surface area (Å²) < 4.78 is 9.83. The van der Waals surface area contributed by atoms with Crippen molar-refractivity contribution in [2.45, 2.75) is 45.2 Å².